The molecule has 0 aliphatic carbocycles. The molecule has 1 aliphatic heterocycles. The van der Waals surface area contributed by atoms with Gasteiger partial charge in [0, 0.05) is 62.1 Å². The molecule has 0 unspecified atom stereocenters. The minimum absolute atomic E-state index is 0.950. The Morgan fingerprint density at radius 1 is 1.00 bits per heavy atom. The van der Waals surface area contributed by atoms with E-state index in [2.05, 4.69) is 55.5 Å². The Morgan fingerprint density at radius 2 is 1.79 bits per heavy atom. The smallest absolute Gasteiger partial charge is 0.134 e. The number of thiophene rings is 1. The van der Waals surface area contributed by atoms with E-state index in [0.29, 0.717) is 0 Å². The van der Waals surface area contributed by atoms with Gasteiger partial charge in [-0.15, -0.1) is 11.3 Å². The number of benzene rings is 1. The summed E-state index contributed by atoms with van der Waals surface area (Å²) in [5.74, 6) is 1.97. The van der Waals surface area contributed by atoms with Crippen LogP contribution in [-0.2, 0) is 0 Å². The summed E-state index contributed by atoms with van der Waals surface area (Å²) < 4.78 is 1.36. The van der Waals surface area contributed by atoms with Crippen LogP contribution in [0.5, 0.6) is 0 Å². The van der Waals surface area contributed by atoms with Gasteiger partial charge in [0.05, 0.1) is 0 Å². The first kappa shape index (κ1) is 15.2. The second kappa shape index (κ2) is 6.28. The maximum absolute atomic E-state index is 4.46. The highest BCUT2D eigenvalue weighted by atomic mass is 32.1. The molecule has 24 heavy (non-hydrogen) atoms. The van der Waals surface area contributed by atoms with Crippen LogP contribution in [0.1, 0.15) is 0 Å². The third-order valence-electron chi connectivity index (χ3n) is 4.51. The molecule has 0 bridgehead atoms. The number of nitrogens with zero attached hydrogens (tertiary/aromatic N) is 5. The lowest BCUT2D eigenvalue weighted by atomic mass is 10.2. The first-order chi connectivity index (χ1) is 11.7. The van der Waals surface area contributed by atoms with Crippen LogP contribution in [0.15, 0.2) is 42.0 Å². The minimum Gasteiger partial charge on any atom is -0.367 e. The van der Waals surface area contributed by atoms with E-state index in [1.54, 1.807) is 6.33 Å². The first-order valence-corrected chi connectivity index (χ1v) is 9.06. The monoisotopic (exact) mass is 339 g/mol. The predicted octanol–water partition coefficient (Wildman–Crippen LogP) is 3.08. The average molecular weight is 339 g/mol. The number of rotatable bonds is 3. The Bertz CT molecular complexity index is 836. The number of hydrogen-bond donors (Lipinski definition) is 0. The molecule has 1 saturated heterocycles. The summed E-state index contributed by atoms with van der Waals surface area (Å²) in [6.07, 6.45) is 1.66. The molecule has 1 aromatic carbocycles. The second-order valence-corrected chi connectivity index (χ2v) is 7.16. The zero-order valence-electron chi connectivity index (χ0n) is 14.0. The van der Waals surface area contributed by atoms with Crippen LogP contribution >= 0.6 is 11.3 Å². The van der Waals surface area contributed by atoms with Crippen LogP contribution in [0.4, 0.5) is 17.3 Å². The third-order valence-corrected chi connectivity index (χ3v) is 5.40. The molecule has 0 spiro atoms. The number of fused-ring (bicyclic) bond motifs is 1. The Labute approximate surface area is 146 Å². The molecule has 5 nitrogen and oxygen atoms in total. The van der Waals surface area contributed by atoms with E-state index in [4.69, 9.17) is 0 Å². The van der Waals surface area contributed by atoms with Crippen LogP contribution in [-0.4, -0.2) is 50.2 Å². The van der Waals surface area contributed by atoms with Crippen LogP contribution in [0.25, 0.3) is 10.1 Å². The topological polar surface area (TPSA) is 35.5 Å². The van der Waals surface area contributed by atoms with Gasteiger partial charge >= 0.3 is 0 Å². The van der Waals surface area contributed by atoms with E-state index in [0.717, 1.165) is 37.8 Å². The molecular weight excluding hydrogens is 318 g/mol. The van der Waals surface area contributed by atoms with Crippen molar-refractivity contribution in [3.8, 4) is 0 Å². The number of aromatic nitrogens is 2. The molecule has 0 saturated carbocycles. The Morgan fingerprint density at radius 3 is 2.58 bits per heavy atom. The van der Waals surface area contributed by atoms with E-state index in [1.165, 1.54) is 15.8 Å². The van der Waals surface area contributed by atoms with Gasteiger partial charge in [-0.2, -0.15) is 0 Å². The highest BCUT2D eigenvalue weighted by Gasteiger charge is 2.20. The average Bonchev–Trinajstić information content (AvgIpc) is 3.11. The van der Waals surface area contributed by atoms with Crippen molar-refractivity contribution >= 4 is 38.7 Å². The van der Waals surface area contributed by atoms with E-state index >= 15 is 0 Å². The standard InChI is InChI=1S/C18H21N5S/c1-21(2)17-12-18(20-13-19-17)23-9-7-22(8-10-23)15-4-3-5-16-14(15)6-11-24-16/h3-6,11-13H,7-10H2,1-2H3. The maximum atomic E-state index is 4.46. The molecule has 1 fully saturated rings. The van der Waals surface area contributed by atoms with Crippen molar-refractivity contribution in [1.29, 1.82) is 0 Å². The summed E-state index contributed by atoms with van der Waals surface area (Å²) in [5.41, 5.74) is 1.35. The van der Waals surface area contributed by atoms with Crippen LogP contribution in [0, 0.1) is 0 Å². The van der Waals surface area contributed by atoms with Crippen molar-refractivity contribution in [2.45, 2.75) is 0 Å². The molecule has 0 atom stereocenters. The molecule has 3 aromatic rings. The molecule has 1 aliphatic rings. The molecule has 0 radical (unpaired) electrons. The van der Waals surface area contributed by atoms with Gasteiger partial charge in [-0.1, -0.05) is 6.07 Å². The largest absolute Gasteiger partial charge is 0.367 e. The zero-order valence-corrected chi connectivity index (χ0v) is 14.8. The summed E-state index contributed by atoms with van der Waals surface area (Å²) in [4.78, 5) is 15.6. The molecule has 124 valence electrons. The van der Waals surface area contributed by atoms with Crippen molar-refractivity contribution in [3.05, 3.63) is 42.0 Å². The summed E-state index contributed by atoms with van der Waals surface area (Å²) >= 11 is 1.81. The molecule has 0 N–H and O–H groups in total. The molecule has 3 heterocycles. The normalized spacial score (nSPS) is 15.1. The van der Waals surface area contributed by atoms with E-state index < -0.39 is 0 Å². The fraction of sp³-hybridized carbons (Fsp3) is 0.333. The van der Waals surface area contributed by atoms with Gasteiger partial charge < -0.3 is 14.7 Å². The number of hydrogen-bond acceptors (Lipinski definition) is 6. The lowest BCUT2D eigenvalue weighted by Crippen LogP contribution is -2.47. The van der Waals surface area contributed by atoms with Gasteiger partial charge in [0.25, 0.3) is 0 Å². The van der Waals surface area contributed by atoms with E-state index in [-0.39, 0.29) is 0 Å². The lowest BCUT2D eigenvalue weighted by Gasteiger charge is -2.37. The number of piperazine rings is 1. The van der Waals surface area contributed by atoms with Crippen LogP contribution in [0.3, 0.4) is 0 Å². The molecular formula is C18H21N5S. The molecule has 2 aromatic heterocycles. The summed E-state index contributed by atoms with van der Waals surface area (Å²) in [6.45, 7) is 3.97. The summed E-state index contributed by atoms with van der Waals surface area (Å²) in [5, 5.41) is 3.54. The van der Waals surface area contributed by atoms with Crippen molar-refractivity contribution in [2.24, 2.45) is 0 Å². The van der Waals surface area contributed by atoms with Gasteiger partial charge in [-0.3, -0.25) is 0 Å². The van der Waals surface area contributed by atoms with Gasteiger partial charge in [0.1, 0.15) is 18.0 Å². The van der Waals surface area contributed by atoms with E-state index in [9.17, 15) is 0 Å². The Kier molecular flexibility index (Phi) is 3.98. The second-order valence-electron chi connectivity index (χ2n) is 6.21. The molecule has 4 rings (SSSR count). The summed E-state index contributed by atoms with van der Waals surface area (Å²) in [6, 6.07) is 10.9. The Hall–Kier alpha value is -2.34. The van der Waals surface area contributed by atoms with Gasteiger partial charge in [-0.05, 0) is 23.6 Å². The summed E-state index contributed by atoms with van der Waals surface area (Å²) in [7, 11) is 4.01. The highest BCUT2D eigenvalue weighted by Crippen LogP contribution is 2.31. The van der Waals surface area contributed by atoms with Gasteiger partial charge in [0.2, 0.25) is 0 Å². The minimum atomic E-state index is 0.950. The van der Waals surface area contributed by atoms with Crippen molar-refractivity contribution in [2.75, 3.05) is 55.0 Å². The fourth-order valence-corrected chi connectivity index (χ4v) is 3.99. The quantitative estimate of drug-likeness (QED) is 0.733. The Balaban J connectivity index is 1.51. The fourth-order valence-electron chi connectivity index (χ4n) is 3.18. The van der Waals surface area contributed by atoms with E-state index in [1.807, 2.05) is 30.3 Å². The predicted molar refractivity (Wildman–Crippen MR) is 103 cm³/mol. The van der Waals surface area contributed by atoms with Gasteiger partial charge in [0.15, 0.2) is 0 Å². The van der Waals surface area contributed by atoms with Crippen molar-refractivity contribution in [3.63, 3.8) is 0 Å². The third kappa shape index (κ3) is 2.78. The highest BCUT2D eigenvalue weighted by molar-refractivity contribution is 7.17. The van der Waals surface area contributed by atoms with Crippen LogP contribution in [0.2, 0.25) is 0 Å². The van der Waals surface area contributed by atoms with Crippen molar-refractivity contribution < 1.29 is 0 Å². The number of anilines is 3. The van der Waals surface area contributed by atoms with Crippen LogP contribution < -0.4 is 14.7 Å². The van der Waals surface area contributed by atoms with Gasteiger partial charge in [-0.25, -0.2) is 9.97 Å². The maximum Gasteiger partial charge on any atom is 0.134 e. The first-order valence-electron chi connectivity index (χ1n) is 8.18. The zero-order chi connectivity index (χ0) is 16.5. The SMILES string of the molecule is CN(C)c1cc(N2CCN(c3cccc4sccc34)CC2)ncn1. The lowest BCUT2D eigenvalue weighted by molar-refractivity contribution is 0.648. The molecule has 6 heteroatoms. The van der Waals surface area contributed by atoms with Crippen molar-refractivity contribution in [1.82, 2.24) is 9.97 Å². The molecule has 0 amide bonds.